The number of carbonyl (C=O) groups excluding carboxylic acids is 1. The van der Waals surface area contributed by atoms with Gasteiger partial charge in [-0.05, 0) is 87.8 Å². The number of anilines is 1. The maximum Gasteiger partial charge on any atom is 0.253 e. The van der Waals surface area contributed by atoms with E-state index >= 15 is 0 Å². The summed E-state index contributed by atoms with van der Waals surface area (Å²) in [6.45, 7) is 8.65. The van der Waals surface area contributed by atoms with E-state index in [-0.39, 0.29) is 11.9 Å². The first-order chi connectivity index (χ1) is 16.1. The SMILES string of the molecule is C[C@@H]1CN(C(=O)c2ccc(C#N)cc2)CCN1c1ccc(OCCCN2CCCCC2)cc1. The molecule has 2 aliphatic heterocycles. The summed E-state index contributed by atoms with van der Waals surface area (Å²) in [5.74, 6) is 0.943. The Kier molecular flexibility index (Phi) is 7.85. The van der Waals surface area contributed by atoms with Gasteiger partial charge in [0, 0.05) is 43.5 Å². The monoisotopic (exact) mass is 446 g/mol. The quantitative estimate of drug-likeness (QED) is 0.598. The highest BCUT2D eigenvalue weighted by molar-refractivity contribution is 5.94. The normalized spacial score (nSPS) is 19.2. The van der Waals surface area contributed by atoms with Crippen LogP contribution < -0.4 is 9.64 Å². The Morgan fingerprint density at radius 1 is 1.00 bits per heavy atom. The summed E-state index contributed by atoms with van der Waals surface area (Å²) in [7, 11) is 0. The molecule has 6 heteroatoms. The molecule has 0 radical (unpaired) electrons. The summed E-state index contributed by atoms with van der Waals surface area (Å²) in [5, 5.41) is 8.95. The fourth-order valence-electron chi connectivity index (χ4n) is 4.79. The van der Waals surface area contributed by atoms with Crippen LogP contribution in [0.4, 0.5) is 5.69 Å². The van der Waals surface area contributed by atoms with Crippen LogP contribution >= 0.6 is 0 Å². The second-order valence-corrected chi connectivity index (χ2v) is 9.08. The molecule has 0 spiro atoms. The third-order valence-corrected chi connectivity index (χ3v) is 6.68. The Balaban J connectivity index is 1.24. The predicted molar refractivity (Wildman–Crippen MR) is 131 cm³/mol. The van der Waals surface area contributed by atoms with E-state index in [9.17, 15) is 4.79 Å². The molecule has 33 heavy (non-hydrogen) atoms. The van der Waals surface area contributed by atoms with Crippen molar-refractivity contribution >= 4 is 11.6 Å². The van der Waals surface area contributed by atoms with Crippen molar-refractivity contribution in [2.24, 2.45) is 0 Å². The topological polar surface area (TPSA) is 59.8 Å². The minimum absolute atomic E-state index is 0.0271. The molecule has 0 aliphatic carbocycles. The van der Waals surface area contributed by atoms with E-state index in [1.54, 1.807) is 24.3 Å². The fraction of sp³-hybridized carbons (Fsp3) is 0.481. The van der Waals surface area contributed by atoms with Crippen molar-refractivity contribution in [3.63, 3.8) is 0 Å². The van der Waals surface area contributed by atoms with Gasteiger partial charge in [-0.2, -0.15) is 5.26 Å². The smallest absolute Gasteiger partial charge is 0.253 e. The molecule has 0 unspecified atom stereocenters. The zero-order valence-electron chi connectivity index (χ0n) is 19.6. The van der Waals surface area contributed by atoms with Gasteiger partial charge in [0.25, 0.3) is 5.91 Å². The average molecular weight is 447 g/mol. The van der Waals surface area contributed by atoms with E-state index in [1.165, 1.54) is 32.4 Å². The van der Waals surface area contributed by atoms with Crippen LogP contribution in [0.3, 0.4) is 0 Å². The number of likely N-dealkylation sites (tertiary alicyclic amines) is 1. The first kappa shape index (κ1) is 23.1. The van der Waals surface area contributed by atoms with Crippen LogP contribution in [-0.4, -0.2) is 67.6 Å². The number of amides is 1. The Bertz CT molecular complexity index is 946. The molecule has 2 saturated heterocycles. The third kappa shape index (κ3) is 6.06. The molecule has 4 rings (SSSR count). The third-order valence-electron chi connectivity index (χ3n) is 6.68. The number of piperidine rings is 1. The number of carbonyl (C=O) groups is 1. The second kappa shape index (κ2) is 11.2. The zero-order chi connectivity index (χ0) is 23.0. The molecule has 2 fully saturated rings. The highest BCUT2D eigenvalue weighted by Crippen LogP contribution is 2.24. The molecule has 0 aromatic heterocycles. The van der Waals surface area contributed by atoms with E-state index in [1.807, 2.05) is 4.90 Å². The largest absolute Gasteiger partial charge is 0.494 e. The molecule has 1 amide bonds. The first-order valence-corrected chi connectivity index (χ1v) is 12.2. The number of piperazine rings is 1. The Hall–Kier alpha value is -3.04. The number of rotatable bonds is 7. The molecule has 2 heterocycles. The van der Waals surface area contributed by atoms with Crippen molar-refractivity contribution in [3.05, 3.63) is 59.7 Å². The molecule has 2 aromatic carbocycles. The molecular weight excluding hydrogens is 412 g/mol. The molecule has 0 N–H and O–H groups in total. The van der Waals surface area contributed by atoms with Gasteiger partial charge in [-0.25, -0.2) is 0 Å². The van der Waals surface area contributed by atoms with E-state index in [0.717, 1.165) is 37.6 Å². The van der Waals surface area contributed by atoms with Crippen molar-refractivity contribution in [1.82, 2.24) is 9.80 Å². The van der Waals surface area contributed by atoms with Gasteiger partial charge < -0.3 is 19.4 Å². The van der Waals surface area contributed by atoms with Crippen LogP contribution in [0.25, 0.3) is 0 Å². The summed E-state index contributed by atoms with van der Waals surface area (Å²) in [6, 6.07) is 17.5. The molecule has 174 valence electrons. The van der Waals surface area contributed by atoms with Gasteiger partial charge in [-0.15, -0.1) is 0 Å². The first-order valence-electron chi connectivity index (χ1n) is 12.2. The summed E-state index contributed by atoms with van der Waals surface area (Å²) in [6.07, 6.45) is 5.10. The van der Waals surface area contributed by atoms with E-state index in [4.69, 9.17) is 10.00 Å². The van der Waals surface area contributed by atoms with Gasteiger partial charge in [0.15, 0.2) is 0 Å². The molecule has 2 aromatic rings. The van der Waals surface area contributed by atoms with Gasteiger partial charge in [0.2, 0.25) is 0 Å². The molecule has 1 atom stereocenters. The van der Waals surface area contributed by atoms with Gasteiger partial charge in [0.05, 0.1) is 18.2 Å². The van der Waals surface area contributed by atoms with Crippen LogP contribution in [0.5, 0.6) is 5.75 Å². The van der Waals surface area contributed by atoms with Crippen molar-refractivity contribution in [3.8, 4) is 11.8 Å². The Morgan fingerprint density at radius 2 is 1.73 bits per heavy atom. The van der Waals surface area contributed by atoms with Crippen LogP contribution in [0.1, 0.15) is 48.5 Å². The maximum absolute atomic E-state index is 12.9. The molecule has 2 aliphatic rings. The highest BCUT2D eigenvalue weighted by Gasteiger charge is 2.27. The van der Waals surface area contributed by atoms with Gasteiger partial charge in [-0.3, -0.25) is 4.79 Å². The molecule has 0 bridgehead atoms. The molecular formula is C27H34N4O2. The van der Waals surface area contributed by atoms with Crippen LogP contribution in [0.2, 0.25) is 0 Å². The Labute approximate surface area is 197 Å². The van der Waals surface area contributed by atoms with Crippen molar-refractivity contribution < 1.29 is 9.53 Å². The lowest BCUT2D eigenvalue weighted by Gasteiger charge is -2.41. The lowest BCUT2D eigenvalue weighted by molar-refractivity contribution is 0.0726. The molecule has 6 nitrogen and oxygen atoms in total. The number of hydrogen-bond acceptors (Lipinski definition) is 5. The van der Waals surface area contributed by atoms with E-state index < -0.39 is 0 Å². The van der Waals surface area contributed by atoms with Gasteiger partial charge in [0.1, 0.15) is 5.75 Å². The standard InChI is InChI=1S/C27H34N4O2/c1-22-21-30(27(32)24-8-6-23(20-28)7-9-24)17-18-31(22)25-10-12-26(13-11-25)33-19-5-16-29-14-3-2-4-15-29/h6-13,22H,2-5,14-19,21H2,1H3/t22-/m1/s1. The number of ether oxygens (including phenoxy) is 1. The number of benzene rings is 2. The number of hydrogen-bond donors (Lipinski definition) is 0. The van der Waals surface area contributed by atoms with E-state index in [2.05, 4.69) is 47.1 Å². The average Bonchev–Trinajstić information content (AvgIpc) is 2.87. The second-order valence-electron chi connectivity index (χ2n) is 9.08. The minimum atomic E-state index is 0.0271. The van der Waals surface area contributed by atoms with Gasteiger partial charge >= 0.3 is 0 Å². The fourth-order valence-corrected chi connectivity index (χ4v) is 4.79. The lowest BCUT2D eigenvalue weighted by atomic mass is 10.1. The number of nitrogens with zero attached hydrogens (tertiary/aromatic N) is 4. The maximum atomic E-state index is 12.9. The zero-order valence-corrected chi connectivity index (χ0v) is 19.6. The lowest BCUT2D eigenvalue weighted by Crippen LogP contribution is -2.53. The van der Waals surface area contributed by atoms with Crippen LogP contribution in [0, 0.1) is 11.3 Å². The summed E-state index contributed by atoms with van der Waals surface area (Å²) < 4.78 is 5.96. The summed E-state index contributed by atoms with van der Waals surface area (Å²) >= 11 is 0. The summed E-state index contributed by atoms with van der Waals surface area (Å²) in [5.41, 5.74) is 2.37. The van der Waals surface area contributed by atoms with Crippen molar-refractivity contribution in [1.29, 1.82) is 5.26 Å². The van der Waals surface area contributed by atoms with Gasteiger partial charge in [-0.1, -0.05) is 6.42 Å². The minimum Gasteiger partial charge on any atom is -0.494 e. The summed E-state index contributed by atoms with van der Waals surface area (Å²) in [4.78, 5) is 19.7. The van der Waals surface area contributed by atoms with Crippen molar-refractivity contribution in [2.75, 3.05) is 50.8 Å². The van der Waals surface area contributed by atoms with Crippen LogP contribution in [0.15, 0.2) is 48.5 Å². The molecule has 0 saturated carbocycles. The predicted octanol–water partition coefficient (Wildman–Crippen LogP) is 4.16. The number of nitriles is 1. The van der Waals surface area contributed by atoms with Crippen LogP contribution in [-0.2, 0) is 0 Å². The highest BCUT2D eigenvalue weighted by atomic mass is 16.5. The van der Waals surface area contributed by atoms with E-state index in [0.29, 0.717) is 24.2 Å². The van der Waals surface area contributed by atoms with Crippen molar-refractivity contribution in [2.45, 2.75) is 38.6 Å². The Morgan fingerprint density at radius 3 is 2.39 bits per heavy atom.